The van der Waals surface area contributed by atoms with Crippen LogP contribution >= 0.6 is 22.7 Å². The molecule has 2 aromatic heterocycles. The summed E-state index contributed by atoms with van der Waals surface area (Å²) in [5.74, 6) is 0. The van der Waals surface area contributed by atoms with Gasteiger partial charge in [0, 0.05) is 56.1 Å². The first-order valence-electron chi connectivity index (χ1n) is 12.9. The second-order valence-corrected chi connectivity index (χ2v) is 14.1. The van der Waals surface area contributed by atoms with Gasteiger partial charge < -0.3 is 14.8 Å². The summed E-state index contributed by atoms with van der Waals surface area (Å²) in [5, 5.41) is 5.85. The molecular formula is C27H35N3O4S3. The molecule has 0 aliphatic carbocycles. The third-order valence-corrected chi connectivity index (χ3v) is 11.9. The number of hydrogen-bond acceptors (Lipinski definition) is 9. The van der Waals surface area contributed by atoms with Gasteiger partial charge in [0.2, 0.25) is 0 Å². The Morgan fingerprint density at radius 2 is 2.16 bits per heavy atom. The number of thiophene rings is 1. The number of hydrogen-bond donors (Lipinski definition) is 1. The highest BCUT2D eigenvalue weighted by molar-refractivity contribution is 7.93. The Balaban J connectivity index is 1.36. The average Bonchev–Trinajstić information content (AvgIpc) is 3.69. The van der Waals surface area contributed by atoms with Crippen molar-refractivity contribution in [3.05, 3.63) is 62.9 Å². The second-order valence-electron chi connectivity index (χ2n) is 9.62. The van der Waals surface area contributed by atoms with Crippen LogP contribution in [0.2, 0.25) is 0 Å². The molecule has 1 aromatic carbocycles. The van der Waals surface area contributed by atoms with Crippen LogP contribution in [0.4, 0.5) is 5.69 Å². The van der Waals surface area contributed by atoms with Crippen molar-refractivity contribution in [2.24, 2.45) is 0 Å². The number of anilines is 1. The van der Waals surface area contributed by atoms with Crippen LogP contribution in [0.15, 0.2) is 46.1 Å². The molecule has 0 amide bonds. The zero-order valence-corrected chi connectivity index (χ0v) is 23.8. The molecule has 5 rings (SSSR count). The number of methoxy groups -OCH3 is 1. The van der Waals surface area contributed by atoms with Gasteiger partial charge in [-0.05, 0) is 55.3 Å². The van der Waals surface area contributed by atoms with E-state index in [2.05, 4.69) is 16.3 Å². The maximum atomic E-state index is 13.7. The van der Waals surface area contributed by atoms with Gasteiger partial charge in [-0.25, -0.2) is 13.4 Å². The summed E-state index contributed by atoms with van der Waals surface area (Å²) in [4.78, 5) is 8.53. The molecule has 3 atom stereocenters. The number of likely N-dealkylation sites (tertiary alicyclic amines) is 1. The smallest absolute Gasteiger partial charge is 0.194 e. The minimum Gasteiger partial charge on any atom is -0.383 e. The maximum Gasteiger partial charge on any atom is 0.194 e. The standard InChI is InChI=1S/C27H35N3O4S3/c1-3-34-13-11-24(37(31,32)25-10-6-14-35-25)22-9-4-7-19-15-23(29-26(19)22)27-28-16-21(36-27)17-30-12-5-8-20(30)18-33-2/h4,6-7,9-10,14,16,20,23-24,29H,3,5,8,11-13,15,17-18H2,1-2H3/t20-,23?,24?/m0/s1. The summed E-state index contributed by atoms with van der Waals surface area (Å²) < 4.78 is 38.8. The zero-order chi connectivity index (χ0) is 25.8. The first kappa shape index (κ1) is 26.8. The molecule has 2 unspecified atom stereocenters. The van der Waals surface area contributed by atoms with E-state index in [1.54, 1.807) is 30.6 Å². The van der Waals surface area contributed by atoms with E-state index in [-0.39, 0.29) is 6.04 Å². The molecule has 0 spiro atoms. The fraction of sp³-hybridized carbons (Fsp3) is 0.519. The first-order valence-corrected chi connectivity index (χ1v) is 16.2. The number of thiazole rings is 1. The van der Waals surface area contributed by atoms with Gasteiger partial charge in [0.15, 0.2) is 9.84 Å². The molecule has 37 heavy (non-hydrogen) atoms. The van der Waals surface area contributed by atoms with E-state index in [0.717, 1.165) is 47.9 Å². The highest BCUT2D eigenvalue weighted by Crippen LogP contribution is 2.44. The Bertz CT molecular complexity index is 1280. The van der Waals surface area contributed by atoms with E-state index in [9.17, 15) is 8.42 Å². The summed E-state index contributed by atoms with van der Waals surface area (Å²) in [6.45, 7) is 5.66. The molecule has 0 radical (unpaired) electrons. The van der Waals surface area contributed by atoms with Crippen molar-refractivity contribution in [3.63, 3.8) is 0 Å². The Kier molecular flexibility index (Phi) is 8.63. The van der Waals surface area contributed by atoms with Gasteiger partial charge in [-0.15, -0.1) is 22.7 Å². The summed E-state index contributed by atoms with van der Waals surface area (Å²) in [6, 6.07) is 10.0. The number of fused-ring (bicyclic) bond motifs is 1. The van der Waals surface area contributed by atoms with Gasteiger partial charge in [-0.3, -0.25) is 4.90 Å². The number of benzene rings is 1. The van der Waals surface area contributed by atoms with Gasteiger partial charge in [0.1, 0.15) is 9.22 Å². The number of para-hydroxylation sites is 1. The largest absolute Gasteiger partial charge is 0.383 e. The fourth-order valence-electron chi connectivity index (χ4n) is 5.45. The average molecular weight is 562 g/mol. The molecular weight excluding hydrogens is 527 g/mol. The molecule has 0 bridgehead atoms. The monoisotopic (exact) mass is 561 g/mol. The van der Waals surface area contributed by atoms with Crippen LogP contribution < -0.4 is 5.32 Å². The Labute approximate surface area is 227 Å². The van der Waals surface area contributed by atoms with E-state index in [0.29, 0.717) is 29.9 Å². The summed E-state index contributed by atoms with van der Waals surface area (Å²) in [7, 11) is -1.77. The summed E-state index contributed by atoms with van der Waals surface area (Å²) >= 11 is 3.02. The number of nitrogens with one attached hydrogen (secondary N) is 1. The summed E-state index contributed by atoms with van der Waals surface area (Å²) in [5.41, 5.74) is 2.90. The lowest BCUT2D eigenvalue weighted by molar-refractivity contribution is 0.112. The third kappa shape index (κ3) is 5.79. The number of sulfone groups is 1. The van der Waals surface area contributed by atoms with Gasteiger partial charge in [-0.2, -0.15) is 0 Å². The topological polar surface area (TPSA) is 80.8 Å². The van der Waals surface area contributed by atoms with E-state index in [4.69, 9.17) is 14.5 Å². The molecule has 10 heteroatoms. The Morgan fingerprint density at radius 1 is 1.27 bits per heavy atom. The molecule has 4 heterocycles. The molecule has 1 fully saturated rings. The number of ether oxygens (including phenoxy) is 2. The molecule has 2 aliphatic rings. The van der Waals surface area contributed by atoms with E-state index in [1.807, 2.05) is 30.6 Å². The molecule has 1 N–H and O–H groups in total. The van der Waals surface area contributed by atoms with E-state index < -0.39 is 15.1 Å². The molecule has 2 aliphatic heterocycles. The summed E-state index contributed by atoms with van der Waals surface area (Å²) in [6.07, 6.45) is 5.60. The Morgan fingerprint density at radius 3 is 2.95 bits per heavy atom. The van der Waals surface area contributed by atoms with Gasteiger partial charge in [-0.1, -0.05) is 24.3 Å². The molecule has 0 saturated carbocycles. The SMILES string of the molecule is CCOCCC(c1cccc2c1NC(c1ncc(CN3CCC[C@H]3COC)s1)C2)S(=O)(=O)c1cccs1. The fourth-order valence-corrected chi connectivity index (χ4v) is 9.43. The van der Waals surface area contributed by atoms with Gasteiger partial charge >= 0.3 is 0 Å². The number of nitrogens with zero attached hydrogens (tertiary/aromatic N) is 2. The van der Waals surface area contributed by atoms with Crippen molar-refractivity contribution < 1.29 is 17.9 Å². The normalized spacial score (nSPS) is 20.7. The lowest BCUT2D eigenvalue weighted by atomic mass is 10.0. The second kappa shape index (κ2) is 11.9. The van der Waals surface area contributed by atoms with Crippen molar-refractivity contribution in [3.8, 4) is 0 Å². The minimum absolute atomic E-state index is 0.0419. The Hall–Kier alpha value is -1.82. The van der Waals surface area contributed by atoms with Crippen molar-refractivity contribution in [2.75, 3.05) is 38.8 Å². The van der Waals surface area contributed by atoms with Gasteiger partial charge in [0.25, 0.3) is 0 Å². The van der Waals surface area contributed by atoms with Crippen LogP contribution in [0.3, 0.4) is 0 Å². The molecule has 7 nitrogen and oxygen atoms in total. The van der Waals surface area contributed by atoms with Crippen molar-refractivity contribution >= 4 is 38.2 Å². The van der Waals surface area contributed by atoms with Gasteiger partial charge in [0.05, 0.1) is 17.9 Å². The van der Waals surface area contributed by atoms with Crippen LogP contribution in [0.5, 0.6) is 0 Å². The van der Waals surface area contributed by atoms with Crippen molar-refractivity contribution in [2.45, 2.75) is 60.7 Å². The third-order valence-electron chi connectivity index (χ3n) is 7.24. The van der Waals surface area contributed by atoms with E-state index in [1.165, 1.54) is 29.1 Å². The van der Waals surface area contributed by atoms with Crippen molar-refractivity contribution in [1.29, 1.82) is 0 Å². The predicted molar refractivity (Wildman–Crippen MR) is 149 cm³/mol. The first-order chi connectivity index (χ1) is 18.0. The van der Waals surface area contributed by atoms with Crippen LogP contribution in [0, 0.1) is 0 Å². The lowest BCUT2D eigenvalue weighted by Gasteiger charge is -2.22. The van der Waals surface area contributed by atoms with Crippen molar-refractivity contribution in [1.82, 2.24) is 9.88 Å². The van der Waals surface area contributed by atoms with Crippen LogP contribution in [-0.4, -0.2) is 57.8 Å². The molecule has 3 aromatic rings. The predicted octanol–water partition coefficient (Wildman–Crippen LogP) is 5.47. The van der Waals surface area contributed by atoms with E-state index >= 15 is 0 Å². The van der Waals surface area contributed by atoms with Crippen LogP contribution in [-0.2, 0) is 32.3 Å². The highest BCUT2D eigenvalue weighted by atomic mass is 32.2. The lowest BCUT2D eigenvalue weighted by Crippen LogP contribution is -2.32. The number of rotatable bonds is 12. The van der Waals surface area contributed by atoms with Crippen LogP contribution in [0.25, 0.3) is 0 Å². The maximum absolute atomic E-state index is 13.7. The minimum atomic E-state index is -3.54. The highest BCUT2D eigenvalue weighted by Gasteiger charge is 2.35. The molecule has 200 valence electrons. The van der Waals surface area contributed by atoms with Crippen LogP contribution in [0.1, 0.15) is 58.5 Å². The quantitative estimate of drug-likeness (QED) is 0.294. The molecule has 1 saturated heterocycles. The number of aromatic nitrogens is 1. The zero-order valence-electron chi connectivity index (χ0n) is 21.4.